The second-order valence-electron chi connectivity index (χ2n) is 12.4. The fourth-order valence-corrected chi connectivity index (χ4v) is 6.41. The van der Waals surface area contributed by atoms with Gasteiger partial charge in [-0.3, -0.25) is 19.9 Å². The highest BCUT2D eigenvalue weighted by atomic mass is 14.8. The summed E-state index contributed by atoms with van der Waals surface area (Å²) in [6.07, 6.45) is 7.12. The number of hydrogen-bond acceptors (Lipinski definition) is 8. The molecular weight excluding hydrogens is 665 g/mol. The monoisotopic (exact) mass is 694 g/mol. The Morgan fingerprint density at radius 2 is 0.426 bits per heavy atom. The highest BCUT2D eigenvalue weighted by molar-refractivity contribution is 5.93. The molecule has 0 saturated carbocycles. The molecule has 0 aliphatic rings. The molecule has 54 heavy (non-hydrogen) atoms. The van der Waals surface area contributed by atoms with Crippen molar-refractivity contribution >= 4 is 0 Å². The van der Waals surface area contributed by atoms with Crippen LogP contribution in [0.2, 0.25) is 0 Å². The Labute approximate surface area is 312 Å². The van der Waals surface area contributed by atoms with Crippen LogP contribution in [0.5, 0.6) is 0 Å². The van der Waals surface area contributed by atoms with Crippen molar-refractivity contribution < 1.29 is 0 Å². The van der Waals surface area contributed by atoms with E-state index in [2.05, 4.69) is 32.1 Å². The Morgan fingerprint density at radius 1 is 0.204 bits per heavy atom. The van der Waals surface area contributed by atoms with E-state index in [4.69, 9.17) is 19.9 Å². The summed E-state index contributed by atoms with van der Waals surface area (Å²) in [6.45, 7) is 0. The molecule has 0 unspecified atom stereocenters. The summed E-state index contributed by atoms with van der Waals surface area (Å²) < 4.78 is 0. The number of rotatable bonds is 8. The number of nitrogens with zero attached hydrogens (tertiary/aromatic N) is 8. The molecule has 9 aromatic rings. The van der Waals surface area contributed by atoms with Gasteiger partial charge in [0, 0.05) is 47.0 Å². The Morgan fingerprint density at radius 3 is 0.648 bits per heavy atom. The Bertz CT molecular complexity index is 2330. The summed E-state index contributed by atoms with van der Waals surface area (Å²) in [7, 11) is 0. The molecule has 0 spiro atoms. The van der Waals surface area contributed by atoms with Crippen molar-refractivity contribution in [2.45, 2.75) is 0 Å². The molecule has 8 heteroatoms. The number of hydrogen-bond donors (Lipinski definition) is 0. The van der Waals surface area contributed by atoms with Gasteiger partial charge in [0.2, 0.25) is 0 Å². The van der Waals surface area contributed by atoms with Crippen LogP contribution in [0.4, 0.5) is 0 Å². The highest BCUT2D eigenvalue weighted by Crippen LogP contribution is 2.42. The molecule has 0 bridgehead atoms. The van der Waals surface area contributed by atoms with Crippen LogP contribution in [0.1, 0.15) is 0 Å². The Kier molecular flexibility index (Phi) is 8.73. The summed E-state index contributed by atoms with van der Waals surface area (Å²) in [4.78, 5) is 39.1. The largest absolute Gasteiger partial charge is 0.255 e. The minimum Gasteiger partial charge on any atom is -0.255 e. The highest BCUT2D eigenvalue weighted by Gasteiger charge is 2.21. The molecule has 0 N–H and O–H groups in total. The van der Waals surface area contributed by atoms with Crippen LogP contribution in [0.15, 0.2) is 183 Å². The number of benzene rings is 1. The van der Waals surface area contributed by atoms with Gasteiger partial charge in [-0.2, -0.15) is 0 Å². The molecule has 0 atom stereocenters. The molecule has 0 aliphatic carbocycles. The van der Waals surface area contributed by atoms with Crippen molar-refractivity contribution in [3.63, 3.8) is 0 Å². The zero-order valence-corrected chi connectivity index (χ0v) is 28.9. The summed E-state index contributed by atoms with van der Waals surface area (Å²) in [5.74, 6) is 0. The van der Waals surface area contributed by atoms with Crippen LogP contribution < -0.4 is 0 Å². The van der Waals surface area contributed by atoms with E-state index in [9.17, 15) is 0 Å². The van der Waals surface area contributed by atoms with Gasteiger partial charge in [0.15, 0.2) is 0 Å². The summed E-state index contributed by atoms with van der Waals surface area (Å²) in [6, 6.07) is 51.7. The molecule has 0 radical (unpaired) electrons. The molecular formula is C46H30N8. The Balaban J connectivity index is 1.32. The van der Waals surface area contributed by atoms with Gasteiger partial charge in [-0.15, -0.1) is 0 Å². The molecule has 8 nitrogen and oxygen atoms in total. The lowest BCUT2D eigenvalue weighted by molar-refractivity contribution is 1.23. The van der Waals surface area contributed by atoms with Crippen molar-refractivity contribution in [2.24, 2.45) is 0 Å². The van der Waals surface area contributed by atoms with Crippen molar-refractivity contribution in [1.29, 1.82) is 0 Å². The topological polar surface area (TPSA) is 103 Å². The van der Waals surface area contributed by atoms with Crippen LogP contribution in [0, 0.1) is 0 Å². The van der Waals surface area contributed by atoms with E-state index in [0.717, 1.165) is 90.6 Å². The fraction of sp³-hybridized carbons (Fsp3) is 0. The quantitative estimate of drug-likeness (QED) is 0.155. The van der Waals surface area contributed by atoms with Gasteiger partial charge in [0.05, 0.1) is 68.3 Å². The zero-order chi connectivity index (χ0) is 36.1. The molecule has 1 aromatic carbocycles. The summed E-state index contributed by atoms with van der Waals surface area (Å²) >= 11 is 0. The average molecular weight is 695 g/mol. The molecule has 8 aromatic heterocycles. The second-order valence-corrected chi connectivity index (χ2v) is 12.4. The first-order valence-electron chi connectivity index (χ1n) is 17.5. The Hall–Kier alpha value is -7.58. The van der Waals surface area contributed by atoms with Gasteiger partial charge in [0.25, 0.3) is 0 Å². The van der Waals surface area contributed by atoms with Gasteiger partial charge < -0.3 is 0 Å². The van der Waals surface area contributed by atoms with Gasteiger partial charge >= 0.3 is 0 Å². The zero-order valence-electron chi connectivity index (χ0n) is 28.9. The first-order chi connectivity index (χ1) is 26.8. The van der Waals surface area contributed by atoms with Crippen molar-refractivity contribution in [3.8, 4) is 90.6 Å². The van der Waals surface area contributed by atoms with Crippen molar-refractivity contribution in [3.05, 3.63) is 183 Å². The van der Waals surface area contributed by atoms with E-state index < -0.39 is 0 Å². The van der Waals surface area contributed by atoms with Crippen LogP contribution in [-0.4, -0.2) is 39.9 Å². The summed E-state index contributed by atoms with van der Waals surface area (Å²) in [5.41, 5.74) is 12.8. The molecule has 8 heterocycles. The number of pyridine rings is 8. The lowest BCUT2D eigenvalue weighted by atomic mass is 9.90. The first-order valence-corrected chi connectivity index (χ1v) is 17.5. The lowest BCUT2D eigenvalue weighted by Crippen LogP contribution is -1.99. The lowest BCUT2D eigenvalue weighted by Gasteiger charge is -2.18. The van der Waals surface area contributed by atoms with E-state index >= 15 is 0 Å². The number of aromatic nitrogens is 8. The minimum absolute atomic E-state index is 0.764. The van der Waals surface area contributed by atoms with E-state index in [1.54, 1.807) is 24.8 Å². The smallest absolute Gasteiger partial charge is 0.0893 e. The van der Waals surface area contributed by atoms with Gasteiger partial charge in [-0.05, 0) is 109 Å². The van der Waals surface area contributed by atoms with Gasteiger partial charge in [0.1, 0.15) is 0 Å². The maximum Gasteiger partial charge on any atom is 0.0893 e. The standard InChI is InChI=1S/C46H30N8/c1-5-25-47-39(13-1)43-21-9-17-35(51-43)31-29-33(37-19-11-23-45(53-37)41-15-3-7-27-49-41)34(38-20-12-24-46(54-38)42-16-4-8-28-50-42)30-32(31)36-18-10-22-44(52-36)40-14-2-6-26-48-40/h1-30H. The van der Waals surface area contributed by atoms with Gasteiger partial charge in [-0.25, -0.2) is 19.9 Å². The van der Waals surface area contributed by atoms with Crippen LogP contribution in [0.25, 0.3) is 90.6 Å². The van der Waals surface area contributed by atoms with Crippen LogP contribution in [-0.2, 0) is 0 Å². The molecule has 0 amide bonds. The van der Waals surface area contributed by atoms with Crippen molar-refractivity contribution in [2.75, 3.05) is 0 Å². The van der Waals surface area contributed by atoms with Crippen LogP contribution in [0.3, 0.4) is 0 Å². The molecule has 0 saturated heterocycles. The minimum atomic E-state index is 0.764. The van der Waals surface area contributed by atoms with Gasteiger partial charge in [-0.1, -0.05) is 48.5 Å². The summed E-state index contributed by atoms with van der Waals surface area (Å²) in [5, 5.41) is 0. The third-order valence-electron chi connectivity index (χ3n) is 8.97. The van der Waals surface area contributed by atoms with E-state index in [1.165, 1.54) is 0 Å². The van der Waals surface area contributed by atoms with E-state index in [-0.39, 0.29) is 0 Å². The molecule has 0 fully saturated rings. The third-order valence-corrected chi connectivity index (χ3v) is 8.97. The maximum absolute atomic E-state index is 5.18. The first kappa shape index (κ1) is 32.3. The van der Waals surface area contributed by atoms with Crippen molar-refractivity contribution in [1.82, 2.24) is 39.9 Å². The second kappa shape index (κ2) is 14.6. The predicted molar refractivity (Wildman–Crippen MR) is 212 cm³/mol. The van der Waals surface area contributed by atoms with E-state index in [0.29, 0.717) is 0 Å². The predicted octanol–water partition coefficient (Wildman–Crippen LogP) is 10.2. The SMILES string of the molecule is c1ccc(-c2cccc(-c3cc(-c4cccc(-c5ccccn5)n4)c(-c4cccc(-c5ccccn5)n4)cc3-c3cccc(-c4ccccn4)n3)n2)nc1. The fourth-order valence-electron chi connectivity index (χ4n) is 6.41. The average Bonchev–Trinajstić information content (AvgIpc) is 3.27. The molecule has 9 rings (SSSR count). The normalized spacial score (nSPS) is 11.0. The van der Waals surface area contributed by atoms with E-state index in [1.807, 2.05) is 146 Å². The third kappa shape index (κ3) is 6.63. The molecule has 0 aliphatic heterocycles. The van der Waals surface area contributed by atoms with Crippen LogP contribution >= 0.6 is 0 Å². The molecule has 254 valence electrons. The maximum atomic E-state index is 5.18.